The second-order valence-corrected chi connectivity index (χ2v) is 7.75. The average Bonchev–Trinajstić information content (AvgIpc) is 3.16. The lowest BCUT2D eigenvalue weighted by Gasteiger charge is -2.24. The van der Waals surface area contributed by atoms with E-state index in [2.05, 4.69) is 19.1 Å². The second-order valence-electron chi connectivity index (χ2n) is 7.75. The molecule has 0 spiro atoms. The van der Waals surface area contributed by atoms with E-state index in [0.717, 1.165) is 24.2 Å². The number of ketones is 1. The number of unbranched alkanes of at least 4 members (excludes halogenated alkanes) is 7. The summed E-state index contributed by atoms with van der Waals surface area (Å²) in [5, 5.41) is 0. The maximum Gasteiger partial charge on any atom is 0.137 e. The number of fused-ring (bicyclic) bond motifs is 5. The van der Waals surface area contributed by atoms with Crippen LogP contribution in [0, 0.1) is 29.6 Å². The number of carbonyl (C=O) groups is 1. The Morgan fingerprint density at radius 3 is 2.38 bits per heavy atom. The summed E-state index contributed by atoms with van der Waals surface area (Å²) in [5.74, 6) is 3.86. The van der Waals surface area contributed by atoms with Gasteiger partial charge >= 0.3 is 0 Å². The largest absolute Gasteiger partial charge is 0.299 e. The highest BCUT2D eigenvalue weighted by molar-refractivity contribution is 5.85. The molecule has 118 valence electrons. The molecule has 2 fully saturated rings. The Hall–Kier alpha value is -0.590. The maximum absolute atomic E-state index is 12.3. The highest BCUT2D eigenvalue weighted by Gasteiger charge is 2.54. The summed E-state index contributed by atoms with van der Waals surface area (Å²) in [6, 6.07) is 0. The molecule has 0 amide bonds. The molecule has 0 heterocycles. The van der Waals surface area contributed by atoms with Crippen molar-refractivity contribution in [2.75, 3.05) is 0 Å². The van der Waals surface area contributed by atoms with Gasteiger partial charge < -0.3 is 0 Å². The van der Waals surface area contributed by atoms with Gasteiger partial charge in [0.05, 0.1) is 0 Å². The minimum Gasteiger partial charge on any atom is -0.299 e. The summed E-state index contributed by atoms with van der Waals surface area (Å²) >= 11 is 0. The maximum atomic E-state index is 12.3. The normalized spacial score (nSPS) is 36.6. The molecule has 0 saturated heterocycles. The van der Waals surface area contributed by atoms with Gasteiger partial charge in [-0.05, 0) is 36.5 Å². The van der Waals surface area contributed by atoms with Gasteiger partial charge in [-0.2, -0.15) is 0 Å². The molecule has 3 rings (SSSR count). The number of carbonyl (C=O) groups excluding carboxylic acids is 1. The predicted octanol–water partition coefficient (Wildman–Crippen LogP) is 5.54. The lowest BCUT2D eigenvalue weighted by molar-refractivity contribution is -0.121. The Bertz CT molecular complexity index is 383. The van der Waals surface area contributed by atoms with Crippen molar-refractivity contribution in [2.45, 2.75) is 77.6 Å². The fraction of sp³-hybridized carbons (Fsp3) is 0.850. The van der Waals surface area contributed by atoms with Crippen LogP contribution in [0.4, 0.5) is 0 Å². The fourth-order valence-corrected chi connectivity index (χ4v) is 5.32. The van der Waals surface area contributed by atoms with Gasteiger partial charge in [-0.15, -0.1) is 0 Å². The zero-order chi connectivity index (χ0) is 14.7. The fourth-order valence-electron chi connectivity index (χ4n) is 5.32. The zero-order valence-corrected chi connectivity index (χ0v) is 13.7. The highest BCUT2D eigenvalue weighted by Crippen LogP contribution is 2.57. The Morgan fingerprint density at radius 1 is 0.952 bits per heavy atom. The van der Waals surface area contributed by atoms with Gasteiger partial charge in [0.2, 0.25) is 0 Å². The Labute approximate surface area is 130 Å². The molecule has 0 N–H and O–H groups in total. The van der Waals surface area contributed by atoms with Crippen LogP contribution >= 0.6 is 0 Å². The van der Waals surface area contributed by atoms with Gasteiger partial charge in [0, 0.05) is 12.3 Å². The van der Waals surface area contributed by atoms with Crippen LogP contribution in [-0.2, 0) is 4.79 Å². The van der Waals surface area contributed by atoms with E-state index in [-0.39, 0.29) is 0 Å². The Morgan fingerprint density at radius 2 is 1.62 bits per heavy atom. The van der Waals surface area contributed by atoms with E-state index in [9.17, 15) is 4.79 Å². The molecule has 2 saturated carbocycles. The van der Waals surface area contributed by atoms with Gasteiger partial charge in [0.25, 0.3) is 0 Å². The van der Waals surface area contributed by atoms with E-state index in [1.165, 1.54) is 64.2 Å². The van der Waals surface area contributed by atoms with Crippen molar-refractivity contribution in [1.29, 1.82) is 0 Å². The Balaban J connectivity index is 1.33. The highest BCUT2D eigenvalue weighted by atomic mass is 16.1. The van der Waals surface area contributed by atoms with Crippen molar-refractivity contribution in [1.82, 2.24) is 0 Å². The summed E-state index contributed by atoms with van der Waals surface area (Å²) in [6.45, 7) is 2.28. The molecule has 2 bridgehead atoms. The molecule has 3 aliphatic carbocycles. The van der Waals surface area contributed by atoms with Crippen LogP contribution in [0.3, 0.4) is 0 Å². The smallest absolute Gasteiger partial charge is 0.137 e. The third-order valence-electron chi connectivity index (χ3n) is 6.33. The molecular weight excluding hydrogens is 256 g/mol. The molecule has 1 nitrogen and oxygen atoms in total. The van der Waals surface area contributed by atoms with Crippen LogP contribution in [-0.4, -0.2) is 5.78 Å². The first-order valence-corrected chi connectivity index (χ1v) is 9.52. The summed E-state index contributed by atoms with van der Waals surface area (Å²) in [6.07, 6.45) is 19.4. The van der Waals surface area contributed by atoms with Crippen molar-refractivity contribution in [2.24, 2.45) is 29.6 Å². The van der Waals surface area contributed by atoms with Crippen LogP contribution < -0.4 is 0 Å². The van der Waals surface area contributed by atoms with Crippen molar-refractivity contribution in [3.05, 3.63) is 12.2 Å². The second kappa shape index (κ2) is 7.11. The first-order chi connectivity index (χ1) is 10.3. The van der Waals surface area contributed by atoms with Crippen molar-refractivity contribution >= 4 is 5.78 Å². The van der Waals surface area contributed by atoms with Crippen LogP contribution in [0.25, 0.3) is 0 Å². The van der Waals surface area contributed by atoms with Crippen LogP contribution in [0.5, 0.6) is 0 Å². The van der Waals surface area contributed by atoms with E-state index >= 15 is 0 Å². The molecule has 0 aromatic heterocycles. The van der Waals surface area contributed by atoms with Gasteiger partial charge in [-0.1, -0.05) is 70.4 Å². The number of Topliss-reactive ketones (excluding diaryl/α,β-unsaturated/α-hetero) is 1. The minimum absolute atomic E-state index is 0.430. The van der Waals surface area contributed by atoms with Crippen LogP contribution in [0.2, 0.25) is 0 Å². The van der Waals surface area contributed by atoms with Gasteiger partial charge in [-0.25, -0.2) is 0 Å². The van der Waals surface area contributed by atoms with Crippen molar-refractivity contribution in [3.63, 3.8) is 0 Å². The van der Waals surface area contributed by atoms with Crippen LogP contribution in [0.15, 0.2) is 12.2 Å². The quantitative estimate of drug-likeness (QED) is 0.402. The molecule has 21 heavy (non-hydrogen) atoms. The van der Waals surface area contributed by atoms with Gasteiger partial charge in [-0.3, -0.25) is 4.79 Å². The average molecular weight is 288 g/mol. The first-order valence-electron chi connectivity index (χ1n) is 9.52. The van der Waals surface area contributed by atoms with Gasteiger partial charge in [0.1, 0.15) is 5.78 Å². The molecule has 0 radical (unpaired) electrons. The first kappa shape index (κ1) is 15.3. The van der Waals surface area contributed by atoms with Crippen molar-refractivity contribution in [3.8, 4) is 0 Å². The minimum atomic E-state index is 0.430. The van der Waals surface area contributed by atoms with E-state index in [0.29, 0.717) is 17.6 Å². The summed E-state index contributed by atoms with van der Waals surface area (Å²) < 4.78 is 0. The van der Waals surface area contributed by atoms with E-state index in [4.69, 9.17) is 0 Å². The third-order valence-corrected chi connectivity index (χ3v) is 6.33. The molecule has 0 aromatic carbocycles. The zero-order valence-electron chi connectivity index (χ0n) is 13.7. The van der Waals surface area contributed by atoms with Crippen molar-refractivity contribution < 1.29 is 4.79 Å². The lowest BCUT2D eigenvalue weighted by atomic mass is 9.79. The van der Waals surface area contributed by atoms with E-state index in [1.807, 2.05) is 0 Å². The molecule has 3 aliphatic rings. The summed E-state index contributed by atoms with van der Waals surface area (Å²) in [5.41, 5.74) is 0. The number of hydrogen-bond acceptors (Lipinski definition) is 1. The molecule has 0 unspecified atom stereocenters. The SMILES string of the molecule is CCCCCCCCCC[C@H]1CC(=O)[C@H]2[C@@H]1[C@H]1C=C[C@@H]2C1. The van der Waals surface area contributed by atoms with E-state index < -0.39 is 0 Å². The summed E-state index contributed by atoms with van der Waals surface area (Å²) in [4.78, 5) is 12.3. The molecule has 0 aliphatic heterocycles. The molecule has 0 aromatic rings. The predicted molar refractivity (Wildman–Crippen MR) is 88.1 cm³/mol. The molecule has 5 atom stereocenters. The topological polar surface area (TPSA) is 17.1 Å². The van der Waals surface area contributed by atoms with Gasteiger partial charge in [0.15, 0.2) is 0 Å². The standard InChI is InChI=1S/C20H32O/c1-2-3-4-5-6-7-8-9-10-15-14-18(21)20-17-12-11-16(13-17)19(15)20/h11-12,15-17,19-20H,2-10,13-14H2,1H3/t15-,16-,17+,19-,20-/m0/s1. The van der Waals surface area contributed by atoms with E-state index in [1.54, 1.807) is 0 Å². The third kappa shape index (κ3) is 3.27. The molecular formula is C20H32O. The molecule has 1 heteroatoms. The summed E-state index contributed by atoms with van der Waals surface area (Å²) in [7, 11) is 0. The number of allylic oxidation sites excluding steroid dienone is 2. The van der Waals surface area contributed by atoms with Crippen LogP contribution in [0.1, 0.15) is 77.6 Å². The lowest BCUT2D eigenvalue weighted by Crippen LogP contribution is -2.21. The number of hydrogen-bond donors (Lipinski definition) is 0. The monoisotopic (exact) mass is 288 g/mol. The number of rotatable bonds is 9. The Kier molecular flexibility index (Phi) is 5.19.